The van der Waals surface area contributed by atoms with E-state index in [2.05, 4.69) is 5.32 Å². The fourth-order valence-corrected chi connectivity index (χ4v) is 2.80. The van der Waals surface area contributed by atoms with E-state index >= 15 is 0 Å². The van der Waals surface area contributed by atoms with E-state index in [9.17, 15) is 14.4 Å². The van der Waals surface area contributed by atoms with Gasteiger partial charge in [0.25, 0.3) is 11.8 Å². The highest BCUT2D eigenvalue weighted by Crippen LogP contribution is 2.25. The zero-order valence-electron chi connectivity index (χ0n) is 14.5. The summed E-state index contributed by atoms with van der Waals surface area (Å²) in [7, 11) is 3.27. The van der Waals surface area contributed by atoms with E-state index in [4.69, 9.17) is 9.84 Å². The van der Waals surface area contributed by atoms with E-state index < -0.39 is 5.97 Å². The molecule has 0 saturated heterocycles. The fourth-order valence-electron chi connectivity index (χ4n) is 2.80. The zero-order valence-corrected chi connectivity index (χ0v) is 14.5. The van der Waals surface area contributed by atoms with E-state index in [0.717, 1.165) is 0 Å². The molecule has 1 fully saturated rings. The average molecular weight is 348 g/mol. The van der Waals surface area contributed by atoms with Crippen molar-refractivity contribution in [2.75, 3.05) is 20.7 Å². The fraction of sp³-hybridized carbons (Fsp3) is 0.500. The first-order chi connectivity index (χ1) is 11.9. The minimum Gasteiger partial charge on any atom is -0.483 e. The van der Waals surface area contributed by atoms with Gasteiger partial charge in [-0.05, 0) is 37.8 Å². The molecule has 1 aliphatic carbocycles. The largest absolute Gasteiger partial charge is 0.483 e. The van der Waals surface area contributed by atoms with Gasteiger partial charge < -0.3 is 20.1 Å². The second kappa shape index (κ2) is 8.50. The number of carbonyl (C=O) groups is 3. The number of hydrogen-bond donors (Lipinski definition) is 2. The van der Waals surface area contributed by atoms with Crippen molar-refractivity contribution in [3.63, 3.8) is 0 Å². The summed E-state index contributed by atoms with van der Waals surface area (Å²) >= 11 is 0. The van der Waals surface area contributed by atoms with Gasteiger partial charge in [-0.15, -0.1) is 0 Å². The number of ether oxygens (including phenoxy) is 1. The topological polar surface area (TPSA) is 95.9 Å². The molecule has 0 atom stereocenters. The van der Waals surface area contributed by atoms with Crippen molar-refractivity contribution in [1.82, 2.24) is 10.2 Å². The number of amides is 2. The molecular weight excluding hydrogens is 324 g/mol. The van der Waals surface area contributed by atoms with Crippen LogP contribution >= 0.6 is 0 Å². The first-order valence-electron chi connectivity index (χ1n) is 8.34. The summed E-state index contributed by atoms with van der Waals surface area (Å²) in [6.07, 6.45) is 2.42. The number of benzene rings is 1. The van der Waals surface area contributed by atoms with Crippen molar-refractivity contribution in [3.05, 3.63) is 29.8 Å². The molecule has 25 heavy (non-hydrogen) atoms. The highest BCUT2D eigenvalue weighted by molar-refractivity contribution is 5.97. The van der Waals surface area contributed by atoms with Crippen molar-refractivity contribution >= 4 is 17.8 Å². The molecule has 0 aliphatic heterocycles. The lowest BCUT2D eigenvalue weighted by atomic mass is 9.86. The lowest BCUT2D eigenvalue weighted by molar-refractivity contribution is -0.142. The minimum absolute atomic E-state index is 0.0421. The van der Waals surface area contributed by atoms with Crippen LogP contribution in [-0.4, -0.2) is 54.5 Å². The maximum atomic E-state index is 12.5. The van der Waals surface area contributed by atoms with Gasteiger partial charge in [-0.3, -0.25) is 14.4 Å². The van der Waals surface area contributed by atoms with Crippen LogP contribution in [0.15, 0.2) is 24.3 Å². The molecule has 136 valence electrons. The number of carbonyl (C=O) groups excluding carboxylic acids is 2. The maximum absolute atomic E-state index is 12.5. The van der Waals surface area contributed by atoms with Gasteiger partial charge in [0.1, 0.15) is 5.75 Å². The Morgan fingerprint density at radius 1 is 1.16 bits per heavy atom. The lowest BCUT2D eigenvalue weighted by Crippen LogP contribution is -2.39. The molecule has 0 aromatic heterocycles. The Morgan fingerprint density at radius 3 is 2.40 bits per heavy atom. The van der Waals surface area contributed by atoms with E-state index in [1.165, 1.54) is 4.90 Å². The van der Waals surface area contributed by atoms with Crippen molar-refractivity contribution < 1.29 is 24.2 Å². The minimum atomic E-state index is -0.769. The number of hydrogen-bond acceptors (Lipinski definition) is 4. The van der Waals surface area contributed by atoms with Gasteiger partial charge in [-0.1, -0.05) is 12.1 Å². The Bertz CT molecular complexity index is 636. The third-order valence-electron chi connectivity index (χ3n) is 4.39. The van der Waals surface area contributed by atoms with Crippen LogP contribution in [0.25, 0.3) is 0 Å². The molecule has 1 saturated carbocycles. The molecule has 1 aromatic carbocycles. The second-order valence-electron chi connectivity index (χ2n) is 6.43. The van der Waals surface area contributed by atoms with Crippen LogP contribution in [0.2, 0.25) is 0 Å². The van der Waals surface area contributed by atoms with E-state index in [1.54, 1.807) is 38.4 Å². The molecule has 7 heteroatoms. The van der Waals surface area contributed by atoms with Crippen LogP contribution in [0.1, 0.15) is 36.0 Å². The Kier molecular flexibility index (Phi) is 6.38. The van der Waals surface area contributed by atoms with Crippen LogP contribution in [0.4, 0.5) is 0 Å². The molecule has 0 radical (unpaired) electrons. The van der Waals surface area contributed by atoms with Crippen LogP contribution < -0.4 is 10.1 Å². The number of carboxylic acid groups (broad SMARTS) is 1. The average Bonchev–Trinajstić information content (AvgIpc) is 2.60. The summed E-state index contributed by atoms with van der Waals surface area (Å²) in [6.45, 7) is -0.138. The number of para-hydroxylation sites is 1. The van der Waals surface area contributed by atoms with E-state index in [1.807, 2.05) is 0 Å². The van der Waals surface area contributed by atoms with Crippen LogP contribution in [0, 0.1) is 5.92 Å². The molecule has 7 nitrogen and oxygen atoms in total. The third-order valence-corrected chi connectivity index (χ3v) is 4.39. The number of likely N-dealkylation sites (N-methyl/N-ethyl adjacent to an activating group) is 1. The molecule has 0 unspecified atom stereocenters. The summed E-state index contributed by atoms with van der Waals surface area (Å²) in [4.78, 5) is 36.6. The predicted octanol–water partition coefficient (Wildman–Crippen LogP) is 1.53. The normalized spacial score (nSPS) is 19.8. The summed E-state index contributed by atoms with van der Waals surface area (Å²) in [6, 6.07) is 6.73. The monoisotopic (exact) mass is 348 g/mol. The number of rotatable bonds is 6. The number of carboxylic acids is 1. The molecule has 1 aromatic rings. The number of nitrogens with one attached hydrogen (secondary N) is 1. The van der Waals surface area contributed by atoms with Crippen LogP contribution in [-0.2, 0) is 9.59 Å². The van der Waals surface area contributed by atoms with Crippen molar-refractivity contribution in [1.29, 1.82) is 0 Å². The standard InChI is InChI=1S/C18H24N2O5/c1-20(2)16(21)11-25-15-6-4-3-5-14(15)17(22)19-13-9-7-12(8-10-13)18(23)24/h3-6,12-13H,7-11H2,1-2H3,(H,19,22)(H,23,24). The van der Waals surface area contributed by atoms with Crippen molar-refractivity contribution in [2.45, 2.75) is 31.7 Å². The summed E-state index contributed by atoms with van der Waals surface area (Å²) in [5.41, 5.74) is 0.370. The van der Waals surface area contributed by atoms with Gasteiger partial charge in [0.05, 0.1) is 11.5 Å². The Balaban J connectivity index is 1.95. The number of aliphatic carboxylic acids is 1. The van der Waals surface area contributed by atoms with Crippen LogP contribution in [0.5, 0.6) is 5.75 Å². The van der Waals surface area contributed by atoms with Gasteiger partial charge >= 0.3 is 5.97 Å². The maximum Gasteiger partial charge on any atom is 0.306 e. The Hall–Kier alpha value is -2.57. The SMILES string of the molecule is CN(C)C(=O)COc1ccccc1C(=O)NC1CCC(C(=O)O)CC1. The smallest absolute Gasteiger partial charge is 0.306 e. The van der Waals surface area contributed by atoms with Crippen molar-refractivity contribution in [3.8, 4) is 5.75 Å². The van der Waals surface area contributed by atoms with Gasteiger partial charge in [0, 0.05) is 20.1 Å². The van der Waals surface area contributed by atoms with Gasteiger partial charge in [-0.25, -0.2) is 0 Å². The van der Waals surface area contributed by atoms with E-state index in [-0.39, 0.29) is 30.4 Å². The first-order valence-corrected chi connectivity index (χ1v) is 8.34. The van der Waals surface area contributed by atoms with Crippen molar-refractivity contribution in [2.24, 2.45) is 5.92 Å². The molecule has 2 amide bonds. The van der Waals surface area contributed by atoms with E-state index in [0.29, 0.717) is 37.0 Å². The van der Waals surface area contributed by atoms with Gasteiger partial charge in [0.2, 0.25) is 0 Å². The van der Waals surface area contributed by atoms with Gasteiger partial charge in [-0.2, -0.15) is 0 Å². The first kappa shape index (κ1) is 18.8. The molecular formula is C18H24N2O5. The van der Waals surface area contributed by atoms with Gasteiger partial charge in [0.15, 0.2) is 6.61 Å². The third kappa shape index (κ3) is 5.20. The summed E-state index contributed by atoms with van der Waals surface area (Å²) in [5, 5.41) is 12.0. The highest BCUT2D eigenvalue weighted by atomic mass is 16.5. The zero-order chi connectivity index (χ0) is 18.4. The summed E-state index contributed by atoms with van der Waals surface area (Å²) in [5.74, 6) is -1.20. The molecule has 2 N–H and O–H groups in total. The molecule has 1 aliphatic rings. The number of nitrogens with zero attached hydrogens (tertiary/aromatic N) is 1. The summed E-state index contributed by atoms with van der Waals surface area (Å²) < 4.78 is 5.49. The highest BCUT2D eigenvalue weighted by Gasteiger charge is 2.27. The van der Waals surface area contributed by atoms with Crippen LogP contribution in [0.3, 0.4) is 0 Å². The molecule has 2 rings (SSSR count). The molecule has 0 heterocycles. The predicted molar refractivity (Wildman–Crippen MR) is 91.5 cm³/mol. The quantitative estimate of drug-likeness (QED) is 0.813. The second-order valence-corrected chi connectivity index (χ2v) is 6.43. The molecule has 0 spiro atoms. The lowest BCUT2D eigenvalue weighted by Gasteiger charge is -2.27. The Morgan fingerprint density at radius 2 is 1.80 bits per heavy atom. The molecule has 0 bridgehead atoms. The Labute approximate surface area is 147 Å².